The maximum atomic E-state index is 14.6. The summed E-state index contributed by atoms with van der Waals surface area (Å²) in [7, 11) is -2.46. The number of sulfonamides is 1. The summed E-state index contributed by atoms with van der Waals surface area (Å²) in [6, 6.07) is 9.02. The number of fused-ring (bicyclic) bond motifs is 1. The summed E-state index contributed by atoms with van der Waals surface area (Å²) in [5.41, 5.74) is 2.57. The molecule has 236 valence electrons. The van der Waals surface area contributed by atoms with Gasteiger partial charge < -0.3 is 19.9 Å². The lowest BCUT2D eigenvalue weighted by molar-refractivity contribution is 0.0904. The molecule has 0 atom stereocenters. The number of benzene rings is 2. The summed E-state index contributed by atoms with van der Waals surface area (Å²) in [5, 5.41) is 10.9. The van der Waals surface area contributed by atoms with E-state index in [1.807, 2.05) is 18.2 Å². The molecule has 0 saturated carbocycles. The number of hydrogen-bond donors (Lipinski definition) is 2. The Balaban J connectivity index is 1.28. The number of nitrogens with zero attached hydrogens (tertiary/aromatic N) is 4. The van der Waals surface area contributed by atoms with E-state index < -0.39 is 32.1 Å². The molecule has 2 N–H and O–H groups in total. The highest BCUT2D eigenvalue weighted by Crippen LogP contribution is 2.43. The van der Waals surface area contributed by atoms with Gasteiger partial charge in [0.2, 0.25) is 10.0 Å². The molecule has 0 radical (unpaired) electrons. The van der Waals surface area contributed by atoms with Crippen molar-refractivity contribution in [3.8, 4) is 0 Å². The zero-order valence-electron chi connectivity index (χ0n) is 25.2. The zero-order valence-corrected chi connectivity index (χ0v) is 26.0. The van der Waals surface area contributed by atoms with Gasteiger partial charge in [-0.15, -0.1) is 0 Å². The Labute approximate surface area is 256 Å². The molecular formula is C31H38F2N6O4S. The summed E-state index contributed by atoms with van der Waals surface area (Å²) < 4.78 is 62.8. The molecule has 3 aliphatic heterocycles. The van der Waals surface area contributed by atoms with Gasteiger partial charge in [0.15, 0.2) is 10.7 Å². The lowest BCUT2D eigenvalue weighted by atomic mass is 9.98. The third-order valence-corrected chi connectivity index (χ3v) is 11.1. The van der Waals surface area contributed by atoms with Gasteiger partial charge in [0.25, 0.3) is 0 Å². The normalized spacial score (nSPS) is 19.7. The van der Waals surface area contributed by atoms with E-state index in [9.17, 15) is 22.0 Å². The summed E-state index contributed by atoms with van der Waals surface area (Å²) in [5.74, 6) is -2.48. The number of nitrogens with one attached hydrogen (secondary N) is 2. The van der Waals surface area contributed by atoms with Crippen LogP contribution in [-0.4, -0.2) is 86.1 Å². The monoisotopic (exact) mass is 628 g/mol. The first-order chi connectivity index (χ1) is 21.0. The van der Waals surface area contributed by atoms with Crippen molar-refractivity contribution >= 4 is 27.2 Å². The van der Waals surface area contributed by atoms with E-state index in [0.717, 1.165) is 72.9 Å². The maximum absolute atomic E-state index is 14.6. The van der Waals surface area contributed by atoms with Crippen LogP contribution >= 0.6 is 0 Å². The van der Waals surface area contributed by atoms with Crippen molar-refractivity contribution in [1.82, 2.24) is 19.4 Å². The lowest BCUT2D eigenvalue weighted by Gasteiger charge is -2.34. The average Bonchev–Trinajstić information content (AvgIpc) is 3.51. The summed E-state index contributed by atoms with van der Waals surface area (Å²) in [6.45, 7) is 8.12. The second-order valence-electron chi connectivity index (χ2n) is 12.3. The van der Waals surface area contributed by atoms with Crippen molar-refractivity contribution in [3.63, 3.8) is 0 Å². The third-order valence-electron chi connectivity index (χ3n) is 9.01. The van der Waals surface area contributed by atoms with Gasteiger partial charge in [-0.2, -0.15) is 9.40 Å². The number of rotatable bonds is 8. The first kappa shape index (κ1) is 30.6. The average molecular weight is 629 g/mol. The van der Waals surface area contributed by atoms with Crippen LogP contribution in [0.25, 0.3) is 0 Å². The van der Waals surface area contributed by atoms with E-state index in [2.05, 4.69) is 32.4 Å². The largest absolute Gasteiger partial charge is 0.381 e. The van der Waals surface area contributed by atoms with E-state index in [0.29, 0.717) is 35.7 Å². The molecule has 0 unspecified atom stereocenters. The van der Waals surface area contributed by atoms with Crippen molar-refractivity contribution in [2.75, 3.05) is 56.7 Å². The highest BCUT2D eigenvalue weighted by molar-refractivity contribution is 7.89. The fourth-order valence-corrected chi connectivity index (χ4v) is 8.22. The van der Waals surface area contributed by atoms with Gasteiger partial charge in [0.1, 0.15) is 11.6 Å². The highest BCUT2D eigenvalue weighted by atomic mass is 32.2. The van der Waals surface area contributed by atoms with E-state index >= 15 is 0 Å². The molecule has 10 nitrogen and oxygen atoms in total. The fourth-order valence-electron chi connectivity index (χ4n) is 6.38. The van der Waals surface area contributed by atoms with Crippen LogP contribution in [-0.2, 0) is 33.3 Å². The number of piperazine rings is 1. The Morgan fingerprint density at radius 2 is 1.77 bits per heavy atom. The fraction of sp³-hybridized carbons (Fsp3) is 0.484. The molecule has 2 saturated heterocycles. The molecule has 0 aliphatic carbocycles. The Hall–Kier alpha value is -3.39. The van der Waals surface area contributed by atoms with Crippen molar-refractivity contribution in [2.45, 2.75) is 56.1 Å². The van der Waals surface area contributed by atoms with E-state index in [1.54, 1.807) is 13.8 Å². The molecule has 4 heterocycles. The minimum atomic E-state index is -4.57. The van der Waals surface area contributed by atoms with Crippen molar-refractivity contribution in [3.05, 3.63) is 70.5 Å². The van der Waals surface area contributed by atoms with Gasteiger partial charge in [-0.05, 0) is 64.1 Å². The Morgan fingerprint density at radius 1 is 1.09 bits per heavy atom. The number of carbonyl (C=O) groups excluding carboxylic acids is 1. The number of aromatic amines is 1. The highest BCUT2D eigenvalue weighted by Gasteiger charge is 2.49. The summed E-state index contributed by atoms with van der Waals surface area (Å²) in [4.78, 5) is 17.5. The van der Waals surface area contributed by atoms with Crippen LogP contribution in [0.1, 0.15) is 54.0 Å². The van der Waals surface area contributed by atoms with Gasteiger partial charge in [-0.1, -0.05) is 6.07 Å². The van der Waals surface area contributed by atoms with Crippen molar-refractivity contribution in [2.24, 2.45) is 0 Å². The van der Waals surface area contributed by atoms with Crippen molar-refractivity contribution < 1.29 is 26.7 Å². The first-order valence-electron chi connectivity index (χ1n) is 15.0. The number of carbonyl (C=O) groups is 1. The second-order valence-corrected chi connectivity index (χ2v) is 14.1. The standard InChI is InChI=1S/C31H38F2N6O4S/c1-31(2)30-23(19-39(31)44(41,42)29-24(32)5-4-6-25(29)33)27(35-36-30)18-28(40)22-8-7-21(38-13-11-37(3)12-14-38)17-26(22)34-20-9-15-43-16-10-20/h4-8,17,20,34H,9-16,18-19H2,1-3H3,(H,35,36). The predicted octanol–water partition coefficient (Wildman–Crippen LogP) is 3.90. The van der Waals surface area contributed by atoms with Crippen LogP contribution < -0.4 is 10.2 Å². The maximum Gasteiger partial charge on any atom is 0.250 e. The van der Waals surface area contributed by atoms with Crippen molar-refractivity contribution in [1.29, 1.82) is 0 Å². The molecule has 3 aliphatic rings. The van der Waals surface area contributed by atoms with Crippen LogP contribution in [0.5, 0.6) is 0 Å². The second kappa shape index (κ2) is 11.8. The molecule has 0 spiro atoms. The smallest absolute Gasteiger partial charge is 0.250 e. The number of anilines is 2. The third kappa shape index (κ3) is 5.62. The van der Waals surface area contributed by atoms with Gasteiger partial charge in [-0.3, -0.25) is 9.89 Å². The Morgan fingerprint density at radius 3 is 2.45 bits per heavy atom. The number of Topliss-reactive ketones (excluding diaryl/α,β-unsaturated/α-hetero) is 1. The summed E-state index contributed by atoms with van der Waals surface area (Å²) >= 11 is 0. The molecule has 2 fully saturated rings. The minimum absolute atomic E-state index is 0.0450. The Bertz CT molecular complexity index is 1640. The predicted molar refractivity (Wildman–Crippen MR) is 162 cm³/mol. The molecule has 1 aromatic heterocycles. The minimum Gasteiger partial charge on any atom is -0.381 e. The molecule has 2 aromatic carbocycles. The van der Waals surface area contributed by atoms with Crippen LogP contribution in [0.2, 0.25) is 0 Å². The summed E-state index contributed by atoms with van der Waals surface area (Å²) in [6.07, 6.45) is 1.63. The molecule has 13 heteroatoms. The quantitative estimate of drug-likeness (QED) is 0.362. The number of ketones is 1. The SMILES string of the molecule is CN1CCN(c2ccc(C(=O)Cc3[nH]nc4c3CN(S(=O)(=O)c3c(F)cccc3F)C4(C)C)c(NC3CCOCC3)c2)CC1. The number of halogens is 2. The number of H-pyrrole nitrogens is 1. The van der Waals surface area contributed by atoms with Gasteiger partial charge in [0, 0.05) is 80.2 Å². The number of ether oxygens (including phenoxy) is 1. The molecule has 0 bridgehead atoms. The molecule has 44 heavy (non-hydrogen) atoms. The van der Waals surface area contributed by atoms with Gasteiger partial charge in [0.05, 0.1) is 17.7 Å². The number of hydrogen-bond acceptors (Lipinski definition) is 8. The zero-order chi connectivity index (χ0) is 31.2. The van der Waals surface area contributed by atoms with Crippen LogP contribution in [0.15, 0.2) is 41.3 Å². The van der Waals surface area contributed by atoms with Gasteiger partial charge >= 0.3 is 0 Å². The van der Waals surface area contributed by atoms with Crippen LogP contribution in [0, 0.1) is 11.6 Å². The van der Waals surface area contributed by atoms with E-state index in [4.69, 9.17) is 4.74 Å². The molecule has 0 amide bonds. The van der Waals surface area contributed by atoms with Gasteiger partial charge in [-0.25, -0.2) is 17.2 Å². The number of aromatic nitrogens is 2. The topological polar surface area (TPSA) is 111 Å². The van der Waals surface area contributed by atoms with Crippen LogP contribution in [0.3, 0.4) is 0 Å². The number of likely N-dealkylation sites (N-methyl/N-ethyl adjacent to an activating group) is 1. The molecular weight excluding hydrogens is 590 g/mol. The molecule has 3 aromatic rings. The van der Waals surface area contributed by atoms with Crippen LogP contribution in [0.4, 0.5) is 20.2 Å². The Kier molecular flexibility index (Phi) is 8.24. The lowest BCUT2D eigenvalue weighted by Crippen LogP contribution is -2.44. The van der Waals surface area contributed by atoms with E-state index in [-0.39, 0.29) is 24.8 Å². The molecule has 6 rings (SSSR count). The van der Waals surface area contributed by atoms with E-state index in [1.165, 1.54) is 0 Å². The first-order valence-corrected chi connectivity index (χ1v) is 16.4.